The monoisotopic (exact) mass is 1060 g/mol. The molecule has 10 heteroatoms. The van der Waals surface area contributed by atoms with Crippen LogP contribution in [0, 0.1) is 0 Å². The Morgan fingerprint density at radius 2 is 0.653 bits per heavy atom. The van der Waals surface area contributed by atoms with Gasteiger partial charge in [-0.1, -0.05) is 211 Å². The molecule has 1 heterocycles. The van der Waals surface area contributed by atoms with E-state index in [4.69, 9.17) is 23.7 Å². The van der Waals surface area contributed by atoms with Gasteiger partial charge in [0.25, 0.3) is 0 Å². The summed E-state index contributed by atoms with van der Waals surface area (Å²) in [6.45, 7) is 7.27. The largest absolute Gasteiger partial charge is 0.463 e. The summed E-state index contributed by atoms with van der Waals surface area (Å²) >= 11 is 0. The van der Waals surface area contributed by atoms with Gasteiger partial charge in [-0.05, 0) is 123 Å². The first kappa shape index (κ1) is 70.0. The molecule has 4 atom stereocenters. The maximum absolute atomic E-state index is 13.5. The number of carbonyl (C=O) groups is 4. The summed E-state index contributed by atoms with van der Waals surface area (Å²) < 4.78 is 30.0. The molecule has 0 aromatic rings. The van der Waals surface area contributed by atoms with E-state index in [2.05, 4.69) is 57.2 Å². The van der Waals surface area contributed by atoms with Crippen molar-refractivity contribution in [2.24, 2.45) is 0 Å². The van der Waals surface area contributed by atoms with E-state index in [0.717, 1.165) is 103 Å². The van der Waals surface area contributed by atoms with Crippen LogP contribution in [0.1, 0.15) is 303 Å². The highest BCUT2D eigenvalue weighted by atomic mass is 16.8. The van der Waals surface area contributed by atoms with Crippen LogP contribution in [0.2, 0.25) is 0 Å². The zero-order valence-corrected chi connectivity index (χ0v) is 49.4. The third-order valence-electron chi connectivity index (χ3n) is 14.4. The van der Waals surface area contributed by atoms with E-state index in [1.807, 2.05) is 19.0 Å². The van der Waals surface area contributed by atoms with Gasteiger partial charge in [-0.25, -0.2) is 0 Å². The SMILES string of the molecule is CCCCCCCCC=CCCCCCCCC(=O)OC1OC(COC(=O)CCCN(C)C)C(OC(=O)CCCCCCC/C=C\CCCCCCCC)C1OC(=O)CCCCCCC/C=C/CCCCCCCC. The van der Waals surface area contributed by atoms with Gasteiger partial charge in [-0.3, -0.25) is 19.2 Å². The molecule has 0 bridgehead atoms. The highest BCUT2D eigenvalue weighted by Crippen LogP contribution is 2.30. The number of esters is 4. The van der Waals surface area contributed by atoms with Gasteiger partial charge in [-0.15, -0.1) is 0 Å². The van der Waals surface area contributed by atoms with E-state index in [0.29, 0.717) is 25.7 Å². The number of unbranched alkanes of at least 4 members (excludes halogenated alkanes) is 33. The van der Waals surface area contributed by atoms with Gasteiger partial charge in [0, 0.05) is 25.7 Å². The summed E-state index contributed by atoms with van der Waals surface area (Å²) in [4.78, 5) is 55.3. The Morgan fingerprint density at radius 1 is 0.360 bits per heavy atom. The second-order valence-electron chi connectivity index (χ2n) is 22.0. The summed E-state index contributed by atoms with van der Waals surface area (Å²) in [5, 5.41) is 0. The molecule has 1 rings (SSSR count). The van der Waals surface area contributed by atoms with Crippen LogP contribution in [0.3, 0.4) is 0 Å². The Hall–Kier alpha value is -2.98. The van der Waals surface area contributed by atoms with Crippen molar-refractivity contribution in [3.05, 3.63) is 36.5 Å². The maximum Gasteiger partial charge on any atom is 0.308 e. The molecule has 4 unspecified atom stereocenters. The van der Waals surface area contributed by atoms with E-state index in [-0.39, 0.29) is 32.3 Å². The molecule has 10 nitrogen and oxygen atoms in total. The fraction of sp³-hybridized carbons (Fsp3) is 0.846. The van der Waals surface area contributed by atoms with Crippen molar-refractivity contribution in [2.45, 2.75) is 328 Å². The highest BCUT2D eigenvalue weighted by Gasteiger charge is 2.52. The first-order valence-corrected chi connectivity index (χ1v) is 31.7. The minimum Gasteiger partial charge on any atom is -0.463 e. The van der Waals surface area contributed by atoms with Crippen LogP contribution in [0.5, 0.6) is 0 Å². The summed E-state index contributed by atoms with van der Waals surface area (Å²) in [6, 6.07) is 0. The molecule has 0 radical (unpaired) electrons. The van der Waals surface area contributed by atoms with Crippen LogP contribution in [0.25, 0.3) is 0 Å². The number of allylic oxidation sites excluding steroid dienone is 6. The molecule has 1 saturated heterocycles. The van der Waals surface area contributed by atoms with Crippen molar-refractivity contribution in [2.75, 3.05) is 27.2 Å². The summed E-state index contributed by atoms with van der Waals surface area (Å²) in [7, 11) is 3.90. The summed E-state index contributed by atoms with van der Waals surface area (Å²) in [5.74, 6) is -1.77. The van der Waals surface area contributed by atoms with E-state index in [9.17, 15) is 19.2 Å². The first-order chi connectivity index (χ1) is 36.7. The predicted octanol–water partition coefficient (Wildman–Crippen LogP) is 18.1. The smallest absolute Gasteiger partial charge is 0.308 e. The predicted molar refractivity (Wildman–Crippen MR) is 312 cm³/mol. The molecule has 0 aromatic heterocycles. The normalized spacial score (nSPS) is 16.8. The standard InChI is InChI=1S/C65H117NO9/c1-6-9-12-15-18-21-24-27-30-33-36-39-42-45-48-52-60(68)73-63-58(57-71-59(67)55-51-56-66(4)5)72-65(75-62(70)54-50-47-44-41-38-35-32-29-26-23-20-17-14-11-8-3)64(63)74-61(69)53-49-46-43-40-37-34-31-28-25-22-19-16-13-10-7-2/h27-32,58,63-65H,6-26,33-57H2,1-5H3/b30-27-,31-28+,32-29?. The van der Waals surface area contributed by atoms with Gasteiger partial charge >= 0.3 is 23.9 Å². The minimum atomic E-state index is -1.30. The lowest BCUT2D eigenvalue weighted by atomic mass is 10.1. The Balaban J connectivity index is 2.82. The average molecular weight is 1060 g/mol. The third kappa shape index (κ3) is 44.7. The lowest BCUT2D eigenvalue weighted by molar-refractivity contribution is -0.200. The molecule has 0 saturated carbocycles. The second kappa shape index (κ2) is 53.0. The third-order valence-corrected chi connectivity index (χ3v) is 14.4. The number of carbonyl (C=O) groups excluding carboxylic acids is 4. The first-order valence-electron chi connectivity index (χ1n) is 31.7. The minimum absolute atomic E-state index is 0.186. The molecule has 1 aliphatic rings. The van der Waals surface area contributed by atoms with Crippen LogP contribution in [-0.2, 0) is 42.9 Å². The van der Waals surface area contributed by atoms with Gasteiger partial charge in [0.05, 0.1) is 0 Å². The van der Waals surface area contributed by atoms with Crippen molar-refractivity contribution in [3.8, 4) is 0 Å². The van der Waals surface area contributed by atoms with Crippen LogP contribution in [0.15, 0.2) is 36.5 Å². The maximum atomic E-state index is 13.5. The zero-order chi connectivity index (χ0) is 54.5. The van der Waals surface area contributed by atoms with Crippen molar-refractivity contribution in [3.63, 3.8) is 0 Å². The number of hydrogen-bond donors (Lipinski definition) is 0. The quantitative estimate of drug-likeness (QED) is 0.0252. The lowest BCUT2D eigenvalue weighted by Crippen LogP contribution is -2.42. The van der Waals surface area contributed by atoms with Crippen LogP contribution >= 0.6 is 0 Å². The molecule has 1 aliphatic heterocycles. The zero-order valence-electron chi connectivity index (χ0n) is 49.4. The van der Waals surface area contributed by atoms with Crippen molar-refractivity contribution in [1.82, 2.24) is 4.90 Å². The Morgan fingerprint density at radius 3 is 1.00 bits per heavy atom. The van der Waals surface area contributed by atoms with Gasteiger partial charge in [-0.2, -0.15) is 0 Å². The fourth-order valence-electron chi connectivity index (χ4n) is 9.61. The van der Waals surface area contributed by atoms with Crippen LogP contribution < -0.4 is 0 Å². The van der Waals surface area contributed by atoms with Crippen LogP contribution in [-0.4, -0.2) is 80.6 Å². The van der Waals surface area contributed by atoms with Gasteiger partial charge in [0.2, 0.25) is 12.4 Å². The topological polar surface area (TPSA) is 118 Å². The molecule has 1 fully saturated rings. The molecular formula is C65H117NO9. The fourth-order valence-corrected chi connectivity index (χ4v) is 9.61. The highest BCUT2D eigenvalue weighted by molar-refractivity contribution is 5.72. The van der Waals surface area contributed by atoms with Crippen molar-refractivity contribution >= 4 is 23.9 Å². The average Bonchev–Trinajstić information content (AvgIpc) is 3.69. The van der Waals surface area contributed by atoms with Crippen molar-refractivity contribution in [1.29, 1.82) is 0 Å². The van der Waals surface area contributed by atoms with E-state index in [1.54, 1.807) is 0 Å². The molecular weight excluding hydrogens is 939 g/mol. The molecule has 75 heavy (non-hydrogen) atoms. The van der Waals surface area contributed by atoms with E-state index in [1.165, 1.54) is 135 Å². The molecule has 436 valence electrons. The van der Waals surface area contributed by atoms with E-state index < -0.39 is 48.5 Å². The summed E-state index contributed by atoms with van der Waals surface area (Å²) in [5.41, 5.74) is 0. The van der Waals surface area contributed by atoms with E-state index >= 15 is 0 Å². The number of hydrogen-bond acceptors (Lipinski definition) is 10. The van der Waals surface area contributed by atoms with Gasteiger partial charge in [0.1, 0.15) is 12.7 Å². The number of rotatable bonds is 54. The molecule has 0 aromatic carbocycles. The van der Waals surface area contributed by atoms with Gasteiger partial charge < -0.3 is 28.6 Å². The molecule has 0 N–H and O–H groups in total. The molecule has 0 amide bonds. The molecule has 0 spiro atoms. The number of ether oxygens (including phenoxy) is 5. The Kier molecular flexibility index (Phi) is 49.5. The van der Waals surface area contributed by atoms with Crippen LogP contribution in [0.4, 0.5) is 0 Å². The molecule has 0 aliphatic carbocycles. The lowest BCUT2D eigenvalue weighted by Gasteiger charge is -2.24. The summed E-state index contributed by atoms with van der Waals surface area (Å²) in [6.07, 6.45) is 55.8. The second-order valence-corrected chi connectivity index (χ2v) is 22.0. The van der Waals surface area contributed by atoms with Crippen molar-refractivity contribution < 1.29 is 42.9 Å². The van der Waals surface area contributed by atoms with Gasteiger partial charge in [0.15, 0.2) is 6.10 Å². The Bertz CT molecular complexity index is 1430. The Labute approximate surface area is 461 Å². The number of nitrogens with zero attached hydrogens (tertiary/aromatic N) is 1.